The molecule has 0 heterocycles. The highest BCUT2D eigenvalue weighted by Gasteiger charge is 2.30. The number of halogens is 1. The number of carbonyl (C=O) groups is 2. The topological polar surface area (TPSA) is 68.3 Å². The van der Waals surface area contributed by atoms with Gasteiger partial charge >= 0.3 is 0 Å². The fourth-order valence-electron chi connectivity index (χ4n) is 5.21. The van der Waals surface area contributed by atoms with Crippen LogP contribution in [-0.4, -0.2) is 45.7 Å². The number of aryl methyl sites for hydroxylation is 1. The van der Waals surface area contributed by atoms with E-state index in [-0.39, 0.29) is 30.8 Å². The van der Waals surface area contributed by atoms with Gasteiger partial charge in [0, 0.05) is 34.9 Å². The van der Waals surface area contributed by atoms with E-state index in [1.165, 1.54) is 6.42 Å². The van der Waals surface area contributed by atoms with Crippen LogP contribution in [0.1, 0.15) is 44.1 Å². The molecule has 8 heteroatoms. The van der Waals surface area contributed by atoms with Gasteiger partial charge in [-0.1, -0.05) is 43.0 Å². The Kier molecular flexibility index (Phi) is 10.3. The Labute approximate surface area is 241 Å². The van der Waals surface area contributed by atoms with Gasteiger partial charge in [0.15, 0.2) is 11.5 Å². The molecule has 0 bridgehead atoms. The number of ether oxygens (including phenoxy) is 3. The van der Waals surface area contributed by atoms with Crippen LogP contribution < -0.4 is 24.0 Å². The Morgan fingerprint density at radius 1 is 0.775 bits per heavy atom. The molecule has 0 aromatic heterocycles. The van der Waals surface area contributed by atoms with Crippen molar-refractivity contribution in [3.63, 3.8) is 0 Å². The predicted octanol–water partition coefficient (Wildman–Crippen LogP) is 6.70. The van der Waals surface area contributed by atoms with Crippen molar-refractivity contribution in [3.8, 4) is 17.2 Å². The lowest BCUT2D eigenvalue weighted by atomic mass is 9.93. The Hall–Kier alpha value is -3.71. The molecule has 1 saturated carbocycles. The molecule has 212 valence electrons. The molecule has 0 N–H and O–H groups in total. The van der Waals surface area contributed by atoms with E-state index in [0.29, 0.717) is 28.6 Å². The Morgan fingerprint density at radius 2 is 1.43 bits per heavy atom. The van der Waals surface area contributed by atoms with Gasteiger partial charge in [-0.15, -0.1) is 0 Å². The number of carbonyl (C=O) groups excluding carboxylic acids is 2. The summed E-state index contributed by atoms with van der Waals surface area (Å²) in [6.45, 7) is -0.101. The van der Waals surface area contributed by atoms with Crippen molar-refractivity contribution in [3.05, 3.63) is 77.3 Å². The average Bonchev–Trinajstić information content (AvgIpc) is 3.00. The zero-order valence-electron chi connectivity index (χ0n) is 23.4. The lowest BCUT2D eigenvalue weighted by Gasteiger charge is -2.36. The Balaban J connectivity index is 1.62. The number of hydrogen-bond donors (Lipinski definition) is 0. The normalized spacial score (nSPS) is 13.4. The van der Waals surface area contributed by atoms with Crippen LogP contribution in [0.2, 0.25) is 5.02 Å². The summed E-state index contributed by atoms with van der Waals surface area (Å²) in [6.07, 6.45) is 5.93. The van der Waals surface area contributed by atoms with Crippen molar-refractivity contribution >= 4 is 34.8 Å². The van der Waals surface area contributed by atoms with Crippen LogP contribution in [0.5, 0.6) is 17.2 Å². The van der Waals surface area contributed by atoms with Crippen LogP contribution in [0.3, 0.4) is 0 Å². The van der Waals surface area contributed by atoms with Gasteiger partial charge in [0.2, 0.25) is 11.8 Å². The maximum atomic E-state index is 14.1. The fraction of sp³-hybridized carbons (Fsp3) is 0.375. The van der Waals surface area contributed by atoms with E-state index in [4.69, 9.17) is 25.8 Å². The van der Waals surface area contributed by atoms with Crippen LogP contribution in [0.15, 0.2) is 66.7 Å². The highest BCUT2D eigenvalue weighted by molar-refractivity contribution is 6.30. The molecule has 0 aliphatic heterocycles. The molecule has 0 atom stereocenters. The molecule has 3 aromatic rings. The van der Waals surface area contributed by atoms with Gasteiger partial charge < -0.3 is 24.0 Å². The van der Waals surface area contributed by atoms with Gasteiger partial charge in [0.05, 0.1) is 21.3 Å². The van der Waals surface area contributed by atoms with Crippen molar-refractivity contribution in [1.82, 2.24) is 0 Å². The average molecular weight is 565 g/mol. The summed E-state index contributed by atoms with van der Waals surface area (Å²) in [5.41, 5.74) is 2.38. The molecular weight excluding hydrogens is 528 g/mol. The molecular formula is C32H37ClN2O5. The maximum absolute atomic E-state index is 14.1. The van der Waals surface area contributed by atoms with Crippen LogP contribution >= 0.6 is 11.6 Å². The number of nitrogens with zero attached hydrogens (tertiary/aromatic N) is 2. The molecule has 3 aromatic carbocycles. The summed E-state index contributed by atoms with van der Waals surface area (Å²) in [6, 6.07) is 20.3. The van der Waals surface area contributed by atoms with Gasteiger partial charge in [-0.3, -0.25) is 9.59 Å². The second kappa shape index (κ2) is 14.1. The maximum Gasteiger partial charge on any atom is 0.247 e. The standard InChI is InChI=1S/C32H37ClN2O5/c1-38-28-17-9-23(10-18-28)11-20-31(36)34(27-16-19-29(39-2)30(21-27)40-3)22-32(37)35(25-7-5-4-6-8-25)26-14-12-24(33)13-15-26/h9-10,12-19,21,25H,4-8,11,20,22H2,1-3H3. The third kappa shape index (κ3) is 7.27. The number of methoxy groups -OCH3 is 3. The van der Waals surface area contributed by atoms with Crippen molar-refractivity contribution in [2.45, 2.75) is 51.0 Å². The van der Waals surface area contributed by atoms with Gasteiger partial charge in [0.25, 0.3) is 0 Å². The van der Waals surface area contributed by atoms with Gasteiger partial charge in [0.1, 0.15) is 12.3 Å². The minimum atomic E-state index is -0.156. The summed E-state index contributed by atoms with van der Waals surface area (Å²) < 4.78 is 16.1. The van der Waals surface area contributed by atoms with Crippen LogP contribution in [0.4, 0.5) is 11.4 Å². The second-order valence-electron chi connectivity index (χ2n) is 9.90. The minimum absolute atomic E-state index is 0.0732. The highest BCUT2D eigenvalue weighted by Crippen LogP contribution is 2.33. The van der Waals surface area contributed by atoms with Gasteiger partial charge in [-0.05, 0) is 73.4 Å². The van der Waals surface area contributed by atoms with Crippen LogP contribution in [0.25, 0.3) is 0 Å². The number of amides is 2. The third-order valence-corrected chi connectivity index (χ3v) is 7.63. The first kappa shape index (κ1) is 29.3. The first-order valence-corrected chi connectivity index (χ1v) is 14.0. The quantitative estimate of drug-likeness (QED) is 0.259. The van der Waals surface area contributed by atoms with Crippen molar-refractivity contribution in [1.29, 1.82) is 0 Å². The van der Waals surface area contributed by atoms with E-state index >= 15 is 0 Å². The van der Waals surface area contributed by atoms with Crippen molar-refractivity contribution in [2.75, 3.05) is 37.7 Å². The Bertz CT molecular complexity index is 1270. The summed E-state index contributed by atoms with van der Waals surface area (Å²) in [7, 11) is 4.73. The number of anilines is 2. The molecule has 0 radical (unpaired) electrons. The second-order valence-corrected chi connectivity index (χ2v) is 10.3. The molecule has 1 aliphatic carbocycles. The molecule has 2 amide bonds. The minimum Gasteiger partial charge on any atom is -0.497 e. The highest BCUT2D eigenvalue weighted by atomic mass is 35.5. The summed E-state index contributed by atoms with van der Waals surface area (Å²) in [5.74, 6) is 1.51. The predicted molar refractivity (Wildman–Crippen MR) is 159 cm³/mol. The van der Waals surface area contributed by atoms with E-state index in [0.717, 1.165) is 42.7 Å². The van der Waals surface area contributed by atoms with Crippen LogP contribution in [-0.2, 0) is 16.0 Å². The molecule has 7 nitrogen and oxygen atoms in total. The first-order chi connectivity index (χ1) is 19.4. The fourth-order valence-corrected chi connectivity index (χ4v) is 5.33. The SMILES string of the molecule is COc1ccc(CCC(=O)N(CC(=O)N(c2ccc(Cl)cc2)C2CCCCC2)c2ccc(OC)c(OC)c2)cc1. The largest absolute Gasteiger partial charge is 0.497 e. The molecule has 0 saturated heterocycles. The first-order valence-electron chi connectivity index (χ1n) is 13.7. The Morgan fingerprint density at radius 3 is 2.05 bits per heavy atom. The zero-order chi connectivity index (χ0) is 28.5. The van der Waals surface area contributed by atoms with Crippen molar-refractivity contribution < 1.29 is 23.8 Å². The van der Waals surface area contributed by atoms with Crippen LogP contribution in [0, 0.1) is 0 Å². The molecule has 1 aliphatic rings. The van der Waals surface area contributed by atoms with Gasteiger partial charge in [-0.2, -0.15) is 0 Å². The van der Waals surface area contributed by atoms with E-state index in [2.05, 4.69) is 0 Å². The molecule has 1 fully saturated rings. The monoisotopic (exact) mass is 564 g/mol. The van der Waals surface area contributed by atoms with E-state index < -0.39 is 0 Å². The number of rotatable bonds is 11. The van der Waals surface area contributed by atoms with E-state index in [1.54, 1.807) is 56.6 Å². The molecule has 0 unspecified atom stereocenters. The van der Waals surface area contributed by atoms with Crippen molar-refractivity contribution in [2.24, 2.45) is 0 Å². The number of hydrogen-bond acceptors (Lipinski definition) is 5. The zero-order valence-corrected chi connectivity index (χ0v) is 24.2. The lowest BCUT2D eigenvalue weighted by Crippen LogP contribution is -2.48. The lowest BCUT2D eigenvalue weighted by molar-refractivity contribution is -0.122. The summed E-state index contributed by atoms with van der Waals surface area (Å²) >= 11 is 6.16. The van der Waals surface area contributed by atoms with E-state index in [9.17, 15) is 9.59 Å². The van der Waals surface area contributed by atoms with Gasteiger partial charge in [-0.25, -0.2) is 0 Å². The third-order valence-electron chi connectivity index (χ3n) is 7.37. The summed E-state index contributed by atoms with van der Waals surface area (Å²) in [5, 5.41) is 0.612. The smallest absolute Gasteiger partial charge is 0.247 e. The molecule has 4 rings (SSSR count). The summed E-state index contributed by atoms with van der Waals surface area (Å²) in [4.78, 5) is 31.2. The number of benzene rings is 3. The molecule has 0 spiro atoms. The van der Waals surface area contributed by atoms with E-state index in [1.807, 2.05) is 41.3 Å². The molecule has 40 heavy (non-hydrogen) atoms.